The second kappa shape index (κ2) is 8.05. The Morgan fingerprint density at radius 3 is 2.50 bits per heavy atom. The molecule has 28 heavy (non-hydrogen) atoms. The molecule has 0 saturated carbocycles. The van der Waals surface area contributed by atoms with Crippen molar-refractivity contribution in [1.29, 1.82) is 0 Å². The molecule has 0 spiro atoms. The number of allylic oxidation sites excluding steroid dienone is 1. The summed E-state index contributed by atoms with van der Waals surface area (Å²) in [6.07, 6.45) is -4.99. The molecule has 0 bridgehead atoms. The summed E-state index contributed by atoms with van der Waals surface area (Å²) in [5.74, 6) is -2.40. The molecule has 0 amide bonds. The number of esters is 1. The van der Waals surface area contributed by atoms with Crippen LogP contribution in [0.15, 0.2) is 24.0 Å². The maximum absolute atomic E-state index is 12.0. The smallest absolute Gasteiger partial charge is 0.337 e. The Hall–Kier alpha value is -1.57. The first-order valence-electron chi connectivity index (χ1n) is 8.69. The standard InChI is InChI=1S/C17H24O11/c1-25-14(23)8-5-26-15(10-7(8)2-3-17(10,24)6-19)28-16-13(22)12(21)11(20)9(4-18)27-16/h2-3,5,7,9-13,15-16,18-22,24H,4,6H2,1H3/t7-,9-,10-,11-,12+,13-,15-,16+,17+/m0/s1. The predicted octanol–water partition coefficient (Wildman–Crippen LogP) is -3.26. The number of hydrogen-bond acceptors (Lipinski definition) is 11. The van der Waals surface area contributed by atoms with Gasteiger partial charge >= 0.3 is 5.97 Å². The number of fused-ring (bicyclic) bond motifs is 1. The van der Waals surface area contributed by atoms with Crippen LogP contribution in [0.4, 0.5) is 0 Å². The molecule has 158 valence electrons. The Balaban J connectivity index is 1.85. The molecule has 9 atom stereocenters. The van der Waals surface area contributed by atoms with Gasteiger partial charge in [-0.25, -0.2) is 4.79 Å². The van der Waals surface area contributed by atoms with Crippen molar-refractivity contribution in [1.82, 2.24) is 0 Å². The van der Waals surface area contributed by atoms with Gasteiger partial charge in [0, 0.05) is 5.92 Å². The van der Waals surface area contributed by atoms with Crippen LogP contribution in [0.3, 0.4) is 0 Å². The minimum absolute atomic E-state index is 0.0989. The van der Waals surface area contributed by atoms with Crippen LogP contribution >= 0.6 is 0 Å². The van der Waals surface area contributed by atoms with Crippen LogP contribution < -0.4 is 0 Å². The van der Waals surface area contributed by atoms with Gasteiger partial charge in [0.2, 0.25) is 6.29 Å². The van der Waals surface area contributed by atoms with E-state index in [1.165, 1.54) is 19.3 Å². The van der Waals surface area contributed by atoms with Crippen LogP contribution in [0.2, 0.25) is 0 Å². The third-order valence-corrected chi connectivity index (χ3v) is 5.33. The van der Waals surface area contributed by atoms with Crippen molar-refractivity contribution in [2.75, 3.05) is 20.3 Å². The largest absolute Gasteiger partial charge is 0.471 e. The maximum atomic E-state index is 12.0. The van der Waals surface area contributed by atoms with Gasteiger partial charge in [-0.1, -0.05) is 12.2 Å². The molecule has 11 heteroatoms. The minimum atomic E-state index is -1.79. The first kappa shape index (κ1) is 21.1. The Morgan fingerprint density at radius 1 is 1.18 bits per heavy atom. The van der Waals surface area contributed by atoms with Crippen molar-refractivity contribution < 1.29 is 54.4 Å². The van der Waals surface area contributed by atoms with E-state index in [-0.39, 0.29) is 5.57 Å². The van der Waals surface area contributed by atoms with Crippen LogP contribution in [-0.4, -0.2) is 99.5 Å². The molecule has 0 aromatic rings. The number of aliphatic hydroxyl groups is 6. The highest BCUT2D eigenvalue weighted by atomic mass is 16.8. The lowest BCUT2D eigenvalue weighted by atomic mass is 9.79. The van der Waals surface area contributed by atoms with Gasteiger partial charge in [0.15, 0.2) is 6.29 Å². The van der Waals surface area contributed by atoms with Crippen molar-refractivity contribution in [2.45, 2.75) is 42.6 Å². The molecule has 2 heterocycles. The van der Waals surface area contributed by atoms with Crippen LogP contribution in [-0.2, 0) is 23.7 Å². The average Bonchev–Trinajstić information content (AvgIpc) is 3.06. The minimum Gasteiger partial charge on any atom is -0.471 e. The second-order valence-corrected chi connectivity index (χ2v) is 6.96. The van der Waals surface area contributed by atoms with E-state index in [9.17, 15) is 35.4 Å². The summed E-state index contributed by atoms with van der Waals surface area (Å²) in [4.78, 5) is 12.0. The number of hydrogen-bond donors (Lipinski definition) is 6. The van der Waals surface area contributed by atoms with E-state index in [1.54, 1.807) is 0 Å². The van der Waals surface area contributed by atoms with E-state index < -0.39 is 73.6 Å². The molecular formula is C17H24O11. The van der Waals surface area contributed by atoms with Gasteiger partial charge in [-0.2, -0.15) is 0 Å². The number of rotatable bonds is 5. The van der Waals surface area contributed by atoms with Crippen LogP contribution in [0.5, 0.6) is 0 Å². The SMILES string of the molecule is COC(=O)C1=CO[C@@H](O[C@H]2O[C@@H](CO)[C@H](O)[C@@H](O)[C@@H]2O)[C@@H]2[C@H]1C=C[C@@]2(O)CO. The quantitative estimate of drug-likeness (QED) is 0.200. The highest BCUT2D eigenvalue weighted by Gasteiger charge is 2.55. The van der Waals surface area contributed by atoms with Gasteiger partial charge in [0.05, 0.1) is 38.1 Å². The number of carbonyl (C=O) groups excluding carboxylic acids is 1. The molecule has 2 aliphatic heterocycles. The fourth-order valence-electron chi connectivity index (χ4n) is 3.71. The molecule has 1 aliphatic carbocycles. The number of aliphatic hydroxyl groups excluding tert-OH is 5. The summed E-state index contributed by atoms with van der Waals surface area (Å²) >= 11 is 0. The molecule has 0 unspecified atom stereocenters. The van der Waals surface area contributed by atoms with E-state index >= 15 is 0 Å². The lowest BCUT2D eigenvalue weighted by Crippen LogP contribution is -2.61. The van der Waals surface area contributed by atoms with Crippen molar-refractivity contribution in [3.8, 4) is 0 Å². The lowest BCUT2D eigenvalue weighted by Gasteiger charge is -2.44. The van der Waals surface area contributed by atoms with Gasteiger partial charge in [-0.15, -0.1) is 0 Å². The van der Waals surface area contributed by atoms with Gasteiger partial charge in [-0.3, -0.25) is 0 Å². The Labute approximate surface area is 160 Å². The molecule has 0 radical (unpaired) electrons. The maximum Gasteiger partial charge on any atom is 0.337 e. The zero-order chi connectivity index (χ0) is 20.6. The molecule has 6 N–H and O–H groups in total. The van der Waals surface area contributed by atoms with Gasteiger partial charge in [0.1, 0.15) is 30.0 Å². The Kier molecular flexibility index (Phi) is 6.08. The molecule has 3 rings (SSSR count). The summed E-state index contributed by atoms with van der Waals surface area (Å²) in [7, 11) is 1.19. The normalized spacial score (nSPS) is 45.2. The number of ether oxygens (including phenoxy) is 4. The lowest BCUT2D eigenvalue weighted by molar-refractivity contribution is -0.346. The third kappa shape index (κ3) is 3.44. The van der Waals surface area contributed by atoms with Gasteiger partial charge in [0.25, 0.3) is 0 Å². The van der Waals surface area contributed by atoms with E-state index in [0.717, 1.165) is 6.26 Å². The van der Waals surface area contributed by atoms with E-state index in [0.29, 0.717) is 0 Å². The van der Waals surface area contributed by atoms with Crippen LogP contribution in [0.1, 0.15) is 0 Å². The molecule has 11 nitrogen and oxygen atoms in total. The van der Waals surface area contributed by atoms with Gasteiger partial charge < -0.3 is 49.6 Å². The first-order chi connectivity index (χ1) is 13.3. The molecule has 0 aromatic heterocycles. The fourth-order valence-corrected chi connectivity index (χ4v) is 3.71. The summed E-state index contributed by atoms with van der Waals surface area (Å²) in [5.41, 5.74) is -1.70. The Morgan fingerprint density at radius 2 is 1.89 bits per heavy atom. The fraction of sp³-hybridized carbons (Fsp3) is 0.706. The first-order valence-corrected chi connectivity index (χ1v) is 8.69. The number of carbonyl (C=O) groups is 1. The molecule has 0 aromatic carbocycles. The summed E-state index contributed by atoms with van der Waals surface area (Å²) < 4.78 is 21.0. The second-order valence-electron chi connectivity index (χ2n) is 6.96. The van der Waals surface area contributed by atoms with E-state index in [1.807, 2.05) is 0 Å². The molecule has 1 saturated heterocycles. The van der Waals surface area contributed by atoms with E-state index in [2.05, 4.69) is 0 Å². The topological polar surface area (TPSA) is 175 Å². The Bertz CT molecular complexity index is 647. The summed E-state index contributed by atoms with van der Waals surface area (Å²) in [6, 6.07) is 0. The molecule has 3 aliphatic rings. The van der Waals surface area contributed by atoms with Crippen molar-refractivity contribution in [3.05, 3.63) is 24.0 Å². The van der Waals surface area contributed by atoms with Gasteiger partial charge in [-0.05, 0) is 0 Å². The molecule has 1 fully saturated rings. The zero-order valence-electron chi connectivity index (χ0n) is 15.0. The molecular weight excluding hydrogens is 380 g/mol. The highest BCUT2D eigenvalue weighted by Crippen LogP contribution is 2.45. The predicted molar refractivity (Wildman–Crippen MR) is 88.0 cm³/mol. The summed E-state index contributed by atoms with van der Waals surface area (Å²) in [6.45, 7) is -1.34. The number of methoxy groups -OCH3 is 1. The third-order valence-electron chi connectivity index (χ3n) is 5.33. The monoisotopic (exact) mass is 404 g/mol. The van der Waals surface area contributed by atoms with Crippen molar-refractivity contribution in [3.63, 3.8) is 0 Å². The zero-order valence-corrected chi connectivity index (χ0v) is 15.0. The van der Waals surface area contributed by atoms with Crippen molar-refractivity contribution in [2.24, 2.45) is 11.8 Å². The van der Waals surface area contributed by atoms with Crippen LogP contribution in [0, 0.1) is 11.8 Å². The average molecular weight is 404 g/mol. The van der Waals surface area contributed by atoms with Crippen molar-refractivity contribution >= 4 is 5.97 Å². The summed E-state index contributed by atoms with van der Waals surface area (Å²) in [5, 5.41) is 59.5. The van der Waals surface area contributed by atoms with Crippen LogP contribution in [0.25, 0.3) is 0 Å². The highest BCUT2D eigenvalue weighted by molar-refractivity contribution is 5.89. The van der Waals surface area contributed by atoms with E-state index in [4.69, 9.17) is 18.9 Å².